The van der Waals surface area contributed by atoms with E-state index in [0.29, 0.717) is 11.6 Å². The molecule has 0 aliphatic rings. The molecule has 2 aromatic carbocycles. The minimum atomic E-state index is -0.418. The summed E-state index contributed by atoms with van der Waals surface area (Å²) in [7, 11) is 0. The Morgan fingerprint density at radius 2 is 2.04 bits per heavy atom. The maximum absolute atomic E-state index is 11.9. The number of hydrogen-bond acceptors (Lipinski definition) is 4. The Labute approximate surface area is 149 Å². The smallest absolute Gasteiger partial charge is 0.269 e. The summed E-state index contributed by atoms with van der Waals surface area (Å²) in [6.07, 6.45) is 0. The van der Waals surface area contributed by atoms with E-state index in [2.05, 4.69) is 5.32 Å². The molecule has 1 atom stereocenters. The van der Waals surface area contributed by atoms with Crippen LogP contribution in [0.3, 0.4) is 0 Å². The average molecular weight is 365 g/mol. The van der Waals surface area contributed by atoms with Gasteiger partial charge in [0.2, 0.25) is 5.91 Å². The lowest BCUT2D eigenvalue weighted by Crippen LogP contribution is -2.24. The van der Waals surface area contributed by atoms with Gasteiger partial charge in [0.25, 0.3) is 5.69 Å². The van der Waals surface area contributed by atoms with Crippen molar-refractivity contribution in [2.45, 2.75) is 18.7 Å². The van der Waals surface area contributed by atoms with Crippen LogP contribution in [0.1, 0.15) is 23.3 Å². The van der Waals surface area contributed by atoms with E-state index in [4.69, 9.17) is 11.6 Å². The van der Waals surface area contributed by atoms with Crippen LogP contribution in [0.4, 0.5) is 5.69 Å². The molecule has 0 unspecified atom stereocenters. The summed E-state index contributed by atoms with van der Waals surface area (Å²) in [5.41, 5.74) is 1.83. The van der Waals surface area contributed by atoms with Gasteiger partial charge in [0.05, 0.1) is 10.7 Å². The Balaban J connectivity index is 1.82. The van der Waals surface area contributed by atoms with Crippen molar-refractivity contribution < 1.29 is 9.72 Å². The second-order valence-electron chi connectivity index (χ2n) is 5.21. The van der Waals surface area contributed by atoms with E-state index >= 15 is 0 Å². The fourth-order valence-corrected chi connectivity index (χ4v) is 3.14. The molecule has 2 aromatic rings. The molecule has 0 bridgehead atoms. The van der Waals surface area contributed by atoms with Crippen molar-refractivity contribution in [2.24, 2.45) is 0 Å². The Bertz CT molecular complexity index is 739. The molecular formula is C17H17ClN2O3S. The first kappa shape index (κ1) is 18.3. The Hall–Kier alpha value is -2.05. The van der Waals surface area contributed by atoms with Crippen LogP contribution in [0.2, 0.25) is 5.02 Å². The number of carbonyl (C=O) groups is 1. The lowest BCUT2D eigenvalue weighted by molar-refractivity contribution is -0.384. The topological polar surface area (TPSA) is 72.2 Å². The summed E-state index contributed by atoms with van der Waals surface area (Å²) in [6, 6.07) is 13.8. The molecule has 0 fully saturated rings. The van der Waals surface area contributed by atoms with Gasteiger partial charge >= 0.3 is 0 Å². The minimum absolute atomic E-state index is 0.0122. The third kappa shape index (κ3) is 5.54. The monoisotopic (exact) mass is 364 g/mol. The zero-order chi connectivity index (χ0) is 17.5. The molecule has 0 aliphatic heterocycles. The van der Waals surface area contributed by atoms with E-state index < -0.39 is 4.92 Å². The largest absolute Gasteiger partial charge is 0.351 e. The lowest BCUT2D eigenvalue weighted by atomic mass is 10.1. The van der Waals surface area contributed by atoms with E-state index in [-0.39, 0.29) is 22.6 Å². The van der Waals surface area contributed by atoms with Crippen LogP contribution in [0, 0.1) is 10.1 Å². The van der Waals surface area contributed by atoms with Gasteiger partial charge in [-0.05, 0) is 30.2 Å². The van der Waals surface area contributed by atoms with Crippen LogP contribution in [0.25, 0.3) is 0 Å². The fourth-order valence-electron chi connectivity index (χ4n) is 2.09. The number of nitrogens with one attached hydrogen (secondary N) is 1. The summed E-state index contributed by atoms with van der Waals surface area (Å²) in [5, 5.41) is 14.3. The van der Waals surface area contributed by atoms with Gasteiger partial charge in [-0.3, -0.25) is 14.9 Å². The number of carbonyl (C=O) groups excluding carboxylic acids is 1. The number of nitro benzene ring substituents is 1. The van der Waals surface area contributed by atoms with Crippen LogP contribution in [-0.2, 0) is 11.3 Å². The summed E-state index contributed by atoms with van der Waals surface area (Å²) in [4.78, 5) is 22.3. The van der Waals surface area contributed by atoms with Crippen LogP contribution < -0.4 is 5.32 Å². The molecule has 1 amide bonds. The highest BCUT2D eigenvalue weighted by Crippen LogP contribution is 2.29. The molecule has 0 aromatic heterocycles. The Morgan fingerprint density at radius 1 is 1.29 bits per heavy atom. The summed E-state index contributed by atoms with van der Waals surface area (Å²) >= 11 is 7.34. The number of halogens is 1. The molecule has 126 valence electrons. The molecule has 0 radical (unpaired) electrons. The molecule has 0 heterocycles. The number of non-ortho nitro benzene ring substituents is 1. The highest BCUT2D eigenvalue weighted by atomic mass is 35.5. The summed E-state index contributed by atoms with van der Waals surface area (Å²) < 4.78 is 0. The molecule has 24 heavy (non-hydrogen) atoms. The van der Waals surface area contributed by atoms with E-state index in [9.17, 15) is 14.9 Å². The third-order valence-corrected chi connectivity index (χ3v) is 4.83. The van der Waals surface area contributed by atoms with Gasteiger partial charge in [-0.1, -0.05) is 35.9 Å². The van der Waals surface area contributed by atoms with Crippen molar-refractivity contribution in [1.82, 2.24) is 5.32 Å². The average Bonchev–Trinajstić information content (AvgIpc) is 2.58. The molecule has 7 heteroatoms. The van der Waals surface area contributed by atoms with Gasteiger partial charge in [-0.2, -0.15) is 0 Å². The lowest BCUT2D eigenvalue weighted by Gasteiger charge is -2.11. The van der Waals surface area contributed by atoms with Crippen molar-refractivity contribution in [3.63, 3.8) is 0 Å². The minimum Gasteiger partial charge on any atom is -0.351 e. The predicted octanol–water partition coefficient (Wildman–Crippen LogP) is 4.36. The first-order chi connectivity index (χ1) is 11.5. The second kappa shape index (κ2) is 8.70. The molecule has 5 nitrogen and oxygen atoms in total. The quantitative estimate of drug-likeness (QED) is 0.585. The number of hydrogen-bond donors (Lipinski definition) is 1. The van der Waals surface area contributed by atoms with Crippen LogP contribution in [0.15, 0.2) is 48.5 Å². The Kier molecular flexibility index (Phi) is 6.63. The van der Waals surface area contributed by atoms with Gasteiger partial charge < -0.3 is 5.32 Å². The zero-order valence-corrected chi connectivity index (χ0v) is 14.6. The van der Waals surface area contributed by atoms with Crippen molar-refractivity contribution in [2.75, 3.05) is 5.75 Å². The highest BCUT2D eigenvalue weighted by molar-refractivity contribution is 8.00. The van der Waals surface area contributed by atoms with Gasteiger partial charge in [-0.15, -0.1) is 11.8 Å². The van der Waals surface area contributed by atoms with E-state index in [1.807, 2.05) is 25.1 Å². The standard InChI is InChI=1S/C17H17ClN2O3S/c1-12(14-5-3-7-16(9-14)20(22)23)24-11-17(21)19-10-13-4-2-6-15(18)8-13/h2-9,12H,10-11H2,1H3,(H,19,21)/t12-/m0/s1. The summed E-state index contributed by atoms with van der Waals surface area (Å²) in [6.45, 7) is 2.35. The number of nitrogens with zero attached hydrogens (tertiary/aromatic N) is 1. The first-order valence-electron chi connectivity index (χ1n) is 7.33. The Morgan fingerprint density at radius 3 is 2.75 bits per heavy atom. The maximum atomic E-state index is 11.9. The van der Waals surface area contributed by atoms with Gasteiger partial charge in [0.15, 0.2) is 0 Å². The van der Waals surface area contributed by atoms with E-state index in [1.54, 1.807) is 24.3 Å². The van der Waals surface area contributed by atoms with Crippen molar-refractivity contribution in [3.05, 3.63) is 74.8 Å². The van der Waals surface area contributed by atoms with Crippen LogP contribution in [-0.4, -0.2) is 16.6 Å². The molecule has 0 saturated carbocycles. The van der Waals surface area contributed by atoms with E-state index in [0.717, 1.165) is 11.1 Å². The second-order valence-corrected chi connectivity index (χ2v) is 6.98. The number of rotatable bonds is 7. The first-order valence-corrected chi connectivity index (χ1v) is 8.75. The number of thioether (sulfide) groups is 1. The normalized spacial score (nSPS) is 11.8. The fraction of sp³-hybridized carbons (Fsp3) is 0.235. The summed E-state index contributed by atoms with van der Waals surface area (Å²) in [5.74, 6) is 0.196. The predicted molar refractivity (Wildman–Crippen MR) is 97.3 cm³/mol. The zero-order valence-electron chi connectivity index (χ0n) is 13.1. The van der Waals surface area contributed by atoms with Crippen LogP contribution in [0.5, 0.6) is 0 Å². The molecule has 0 saturated heterocycles. The molecule has 0 spiro atoms. The van der Waals surface area contributed by atoms with Crippen LogP contribution >= 0.6 is 23.4 Å². The van der Waals surface area contributed by atoms with Crippen molar-refractivity contribution in [1.29, 1.82) is 0 Å². The van der Waals surface area contributed by atoms with Gasteiger partial charge in [0, 0.05) is 29.0 Å². The van der Waals surface area contributed by atoms with E-state index in [1.165, 1.54) is 17.8 Å². The number of amides is 1. The van der Waals surface area contributed by atoms with Crippen molar-refractivity contribution in [3.8, 4) is 0 Å². The van der Waals surface area contributed by atoms with Crippen molar-refractivity contribution >= 4 is 35.0 Å². The maximum Gasteiger partial charge on any atom is 0.269 e. The number of nitro groups is 1. The molecule has 2 rings (SSSR count). The number of benzene rings is 2. The SMILES string of the molecule is C[C@H](SCC(=O)NCc1cccc(Cl)c1)c1cccc([N+](=O)[O-])c1. The third-order valence-electron chi connectivity index (χ3n) is 3.39. The molecular weight excluding hydrogens is 348 g/mol. The van der Waals surface area contributed by atoms with Gasteiger partial charge in [0.1, 0.15) is 0 Å². The highest BCUT2D eigenvalue weighted by Gasteiger charge is 2.13. The molecule has 1 N–H and O–H groups in total. The molecule has 0 aliphatic carbocycles. The van der Waals surface area contributed by atoms with Gasteiger partial charge in [-0.25, -0.2) is 0 Å².